The number of aromatic hydroxyl groups is 2. The van der Waals surface area contributed by atoms with Crippen LogP contribution in [0, 0.1) is 21.4 Å². The van der Waals surface area contributed by atoms with E-state index in [9.17, 15) is 25.1 Å². The molecule has 0 saturated heterocycles. The van der Waals surface area contributed by atoms with Gasteiger partial charge in [0.1, 0.15) is 11.6 Å². The Balaban J connectivity index is 3.41. The van der Waals surface area contributed by atoms with E-state index >= 15 is 0 Å². The van der Waals surface area contributed by atoms with E-state index in [1.807, 2.05) is 0 Å². The van der Waals surface area contributed by atoms with E-state index in [-0.39, 0.29) is 11.1 Å². The molecule has 0 heterocycles. The number of nitro groups is 1. The summed E-state index contributed by atoms with van der Waals surface area (Å²) in [6.45, 7) is 4.25. The Morgan fingerprint density at radius 3 is 2.36 bits per heavy atom. The van der Waals surface area contributed by atoms with E-state index in [1.54, 1.807) is 19.9 Å². The smallest absolute Gasteiger partial charge is 0.280 e. The predicted octanol–water partition coefficient (Wildman–Crippen LogP) is 1.78. The first kappa shape index (κ1) is 17.0. The van der Waals surface area contributed by atoms with E-state index in [0.29, 0.717) is 13.1 Å². The Hall–Kier alpha value is -3.08. The molecule has 0 aromatic heterocycles. The van der Waals surface area contributed by atoms with Crippen molar-refractivity contribution in [1.82, 2.24) is 4.90 Å². The molecule has 0 unspecified atom stereocenters. The van der Waals surface area contributed by atoms with Gasteiger partial charge in [-0.15, -0.1) is 0 Å². The van der Waals surface area contributed by atoms with Crippen LogP contribution in [0.1, 0.15) is 19.4 Å². The molecule has 116 valence electrons. The Bertz CT molecular complexity index is 672. The maximum Gasteiger partial charge on any atom is 0.280 e. The summed E-state index contributed by atoms with van der Waals surface area (Å²) in [5.41, 5.74) is -0.954. The van der Waals surface area contributed by atoms with Gasteiger partial charge in [0.2, 0.25) is 0 Å². The van der Waals surface area contributed by atoms with Crippen LogP contribution in [0.5, 0.6) is 11.5 Å². The molecule has 8 heteroatoms. The SMILES string of the molecule is CCN(CC)C(=O)/C(C#N)=C/c1cc(O)c(O)cc1[N+](=O)[O-]. The summed E-state index contributed by atoms with van der Waals surface area (Å²) >= 11 is 0. The highest BCUT2D eigenvalue weighted by Gasteiger charge is 2.20. The Kier molecular flexibility index (Phi) is 5.46. The van der Waals surface area contributed by atoms with Gasteiger partial charge in [0, 0.05) is 13.1 Å². The first-order chi connectivity index (χ1) is 10.3. The summed E-state index contributed by atoms with van der Waals surface area (Å²) in [6, 6.07) is 3.40. The summed E-state index contributed by atoms with van der Waals surface area (Å²) in [6.07, 6.45) is 1.03. The average molecular weight is 305 g/mol. The van der Waals surface area contributed by atoms with E-state index in [1.165, 1.54) is 4.90 Å². The zero-order chi connectivity index (χ0) is 16.9. The number of hydrogen-bond donors (Lipinski definition) is 2. The minimum atomic E-state index is -0.776. The third kappa shape index (κ3) is 3.52. The van der Waals surface area contributed by atoms with Crippen molar-refractivity contribution in [2.45, 2.75) is 13.8 Å². The van der Waals surface area contributed by atoms with Crippen LogP contribution in [0.4, 0.5) is 5.69 Å². The zero-order valence-electron chi connectivity index (χ0n) is 12.1. The number of likely N-dealkylation sites (N-methyl/N-ethyl adjacent to an activating group) is 1. The van der Waals surface area contributed by atoms with Gasteiger partial charge in [0.05, 0.1) is 16.6 Å². The van der Waals surface area contributed by atoms with Gasteiger partial charge < -0.3 is 15.1 Å². The largest absolute Gasteiger partial charge is 0.504 e. The molecule has 2 N–H and O–H groups in total. The lowest BCUT2D eigenvalue weighted by molar-refractivity contribution is -0.385. The van der Waals surface area contributed by atoms with Crippen LogP contribution < -0.4 is 0 Å². The van der Waals surface area contributed by atoms with Gasteiger partial charge in [0.15, 0.2) is 11.5 Å². The molecule has 0 aliphatic heterocycles. The van der Waals surface area contributed by atoms with Gasteiger partial charge in [-0.25, -0.2) is 0 Å². The number of nitrogens with zero attached hydrogens (tertiary/aromatic N) is 3. The molecule has 0 aliphatic carbocycles. The molecule has 0 fully saturated rings. The second-order valence-electron chi connectivity index (χ2n) is 4.30. The summed E-state index contributed by atoms with van der Waals surface area (Å²) in [4.78, 5) is 23.7. The maximum absolute atomic E-state index is 12.1. The maximum atomic E-state index is 12.1. The van der Waals surface area contributed by atoms with Crippen LogP contribution in [0.3, 0.4) is 0 Å². The lowest BCUT2D eigenvalue weighted by atomic mass is 10.1. The third-order valence-electron chi connectivity index (χ3n) is 3.02. The average Bonchev–Trinajstić information content (AvgIpc) is 2.48. The number of nitriles is 1. The number of hydrogen-bond acceptors (Lipinski definition) is 6. The van der Waals surface area contributed by atoms with E-state index in [0.717, 1.165) is 18.2 Å². The monoisotopic (exact) mass is 305 g/mol. The van der Waals surface area contributed by atoms with E-state index < -0.39 is 28.0 Å². The van der Waals surface area contributed by atoms with Gasteiger partial charge in [-0.2, -0.15) is 5.26 Å². The molecule has 1 aromatic rings. The summed E-state index contributed by atoms with van der Waals surface area (Å²) in [5, 5.41) is 38.9. The Morgan fingerprint density at radius 1 is 1.36 bits per heavy atom. The highest BCUT2D eigenvalue weighted by atomic mass is 16.6. The van der Waals surface area contributed by atoms with Crippen LogP contribution in [-0.2, 0) is 4.79 Å². The minimum absolute atomic E-state index is 0.141. The first-order valence-electron chi connectivity index (χ1n) is 6.47. The van der Waals surface area contributed by atoms with Crippen LogP contribution >= 0.6 is 0 Å². The first-order valence-corrected chi connectivity index (χ1v) is 6.47. The lowest BCUT2D eigenvalue weighted by Crippen LogP contribution is -2.31. The summed E-state index contributed by atoms with van der Waals surface area (Å²) in [5.74, 6) is -1.80. The van der Waals surface area contributed by atoms with Gasteiger partial charge in [0.25, 0.3) is 11.6 Å². The van der Waals surface area contributed by atoms with Crippen molar-refractivity contribution < 1.29 is 19.9 Å². The molecule has 8 nitrogen and oxygen atoms in total. The van der Waals surface area contributed by atoms with Gasteiger partial charge in [-0.3, -0.25) is 14.9 Å². The Morgan fingerprint density at radius 2 is 1.91 bits per heavy atom. The number of carbonyl (C=O) groups is 1. The van der Waals surface area contributed by atoms with Crippen LogP contribution in [0.25, 0.3) is 6.08 Å². The van der Waals surface area contributed by atoms with Crippen molar-refractivity contribution in [2.24, 2.45) is 0 Å². The molecule has 22 heavy (non-hydrogen) atoms. The molecule has 1 aromatic carbocycles. The molecule has 1 amide bonds. The number of benzene rings is 1. The van der Waals surface area contributed by atoms with Crippen molar-refractivity contribution >= 4 is 17.7 Å². The van der Waals surface area contributed by atoms with Gasteiger partial charge in [-0.05, 0) is 26.0 Å². The van der Waals surface area contributed by atoms with Gasteiger partial charge in [-0.1, -0.05) is 0 Å². The molecule has 0 saturated carbocycles. The number of phenols is 2. The van der Waals surface area contributed by atoms with Crippen molar-refractivity contribution in [3.8, 4) is 17.6 Å². The number of phenolic OH excluding ortho intramolecular Hbond substituents is 2. The van der Waals surface area contributed by atoms with Crippen molar-refractivity contribution in [3.63, 3.8) is 0 Å². The molecule has 0 radical (unpaired) electrons. The molecule has 0 atom stereocenters. The fourth-order valence-electron chi connectivity index (χ4n) is 1.83. The van der Waals surface area contributed by atoms with Crippen molar-refractivity contribution in [1.29, 1.82) is 5.26 Å². The molecular weight excluding hydrogens is 290 g/mol. The molecule has 0 spiro atoms. The number of nitro benzene ring substituents is 1. The standard InChI is InChI=1S/C14H15N3O5/c1-3-16(4-2)14(20)10(8-15)5-9-6-12(18)13(19)7-11(9)17(21)22/h5-7,18-19H,3-4H2,1-2H3/b10-5+. The van der Waals surface area contributed by atoms with E-state index in [4.69, 9.17) is 5.26 Å². The number of amides is 1. The summed E-state index contributed by atoms with van der Waals surface area (Å²) in [7, 11) is 0. The van der Waals surface area contributed by atoms with Crippen molar-refractivity contribution in [2.75, 3.05) is 13.1 Å². The third-order valence-corrected chi connectivity index (χ3v) is 3.02. The second kappa shape index (κ2) is 7.08. The Labute approximate surface area is 126 Å². The zero-order valence-corrected chi connectivity index (χ0v) is 12.1. The normalized spacial score (nSPS) is 10.9. The van der Waals surface area contributed by atoms with Gasteiger partial charge >= 0.3 is 0 Å². The number of rotatable bonds is 5. The van der Waals surface area contributed by atoms with Crippen LogP contribution in [0.2, 0.25) is 0 Å². The van der Waals surface area contributed by atoms with Crippen LogP contribution in [-0.4, -0.2) is 39.0 Å². The summed E-state index contributed by atoms with van der Waals surface area (Å²) < 4.78 is 0. The second-order valence-corrected chi connectivity index (χ2v) is 4.30. The topological polar surface area (TPSA) is 128 Å². The minimum Gasteiger partial charge on any atom is -0.504 e. The predicted molar refractivity (Wildman–Crippen MR) is 77.9 cm³/mol. The van der Waals surface area contributed by atoms with Crippen LogP contribution in [0.15, 0.2) is 17.7 Å². The number of carbonyl (C=O) groups excluding carboxylic acids is 1. The van der Waals surface area contributed by atoms with Crippen molar-refractivity contribution in [3.05, 3.63) is 33.4 Å². The molecule has 1 rings (SSSR count). The highest BCUT2D eigenvalue weighted by molar-refractivity contribution is 6.02. The fraction of sp³-hybridized carbons (Fsp3) is 0.286. The molecule has 0 aliphatic rings. The fourth-order valence-corrected chi connectivity index (χ4v) is 1.83. The van der Waals surface area contributed by atoms with E-state index in [2.05, 4.69) is 0 Å². The lowest BCUT2D eigenvalue weighted by Gasteiger charge is -2.17. The molecule has 0 bridgehead atoms. The molecular formula is C14H15N3O5. The highest BCUT2D eigenvalue weighted by Crippen LogP contribution is 2.34. The quantitative estimate of drug-likeness (QED) is 0.280.